The smallest absolute Gasteiger partial charge is 0.343 e. The lowest BCUT2D eigenvalue weighted by molar-refractivity contribution is 0.521. The molecule has 0 radical (unpaired) electrons. The third-order valence-corrected chi connectivity index (χ3v) is 3.37. The van der Waals surface area contributed by atoms with Crippen molar-refractivity contribution in [2.24, 2.45) is 0 Å². The minimum atomic E-state index is -0.345. The van der Waals surface area contributed by atoms with E-state index in [2.05, 4.69) is 0 Å². The van der Waals surface area contributed by atoms with Crippen LogP contribution in [0.15, 0.2) is 57.9 Å². The van der Waals surface area contributed by atoms with Gasteiger partial charge in [-0.3, -0.25) is 0 Å². The van der Waals surface area contributed by atoms with Gasteiger partial charge in [-0.25, -0.2) is 4.79 Å². The van der Waals surface area contributed by atoms with Crippen LogP contribution in [0.1, 0.15) is 5.56 Å². The Morgan fingerprint density at radius 1 is 1.00 bits per heavy atom. The van der Waals surface area contributed by atoms with E-state index in [1.54, 1.807) is 18.2 Å². The molecule has 0 aliphatic carbocycles. The Morgan fingerprint density at radius 2 is 1.74 bits per heavy atom. The summed E-state index contributed by atoms with van der Waals surface area (Å²) in [5.41, 5.74) is 2.71. The van der Waals surface area contributed by atoms with Crippen LogP contribution in [0.25, 0.3) is 21.9 Å². The van der Waals surface area contributed by atoms with Crippen LogP contribution in [0.3, 0.4) is 0 Å². The van der Waals surface area contributed by atoms with Crippen LogP contribution in [-0.4, -0.2) is 0 Å². The number of halogens is 1. The quantitative estimate of drug-likeness (QED) is 0.655. The highest BCUT2D eigenvalue weighted by Crippen LogP contribution is 2.28. The van der Waals surface area contributed by atoms with Gasteiger partial charge in [0.25, 0.3) is 0 Å². The van der Waals surface area contributed by atoms with Gasteiger partial charge >= 0.3 is 5.63 Å². The van der Waals surface area contributed by atoms with Crippen molar-refractivity contribution in [3.63, 3.8) is 0 Å². The molecule has 3 heteroatoms. The molecule has 3 rings (SSSR count). The van der Waals surface area contributed by atoms with E-state index < -0.39 is 0 Å². The van der Waals surface area contributed by atoms with Crippen LogP contribution in [-0.2, 0) is 0 Å². The zero-order valence-corrected chi connectivity index (χ0v) is 11.1. The van der Waals surface area contributed by atoms with Gasteiger partial charge in [0.1, 0.15) is 6.26 Å². The van der Waals surface area contributed by atoms with E-state index in [0.29, 0.717) is 10.4 Å². The highest BCUT2D eigenvalue weighted by Gasteiger charge is 2.08. The summed E-state index contributed by atoms with van der Waals surface area (Å²) in [7, 11) is 0. The highest BCUT2D eigenvalue weighted by atomic mass is 35.5. The summed E-state index contributed by atoms with van der Waals surface area (Å²) < 4.78 is 5.10. The molecule has 1 heterocycles. The van der Waals surface area contributed by atoms with Crippen molar-refractivity contribution in [3.8, 4) is 11.1 Å². The second-order valence-electron chi connectivity index (χ2n) is 4.49. The Bertz CT molecular complexity index is 801. The predicted molar refractivity (Wildman–Crippen MR) is 77.7 cm³/mol. The van der Waals surface area contributed by atoms with Gasteiger partial charge in [-0.2, -0.15) is 0 Å². The molecule has 1 aromatic heterocycles. The minimum Gasteiger partial charge on any atom is -0.430 e. The Labute approximate surface area is 115 Å². The molecule has 0 aliphatic rings. The van der Waals surface area contributed by atoms with Gasteiger partial charge < -0.3 is 4.42 Å². The first-order valence-corrected chi connectivity index (χ1v) is 6.31. The molecule has 0 bridgehead atoms. The summed E-state index contributed by atoms with van der Waals surface area (Å²) >= 11 is 6.02. The average Bonchev–Trinajstić information content (AvgIpc) is 2.40. The summed E-state index contributed by atoms with van der Waals surface area (Å²) in [6, 6.07) is 13.2. The van der Waals surface area contributed by atoms with Crippen molar-refractivity contribution in [2.45, 2.75) is 6.92 Å². The average molecular weight is 271 g/mol. The van der Waals surface area contributed by atoms with Crippen LogP contribution >= 0.6 is 11.6 Å². The first-order valence-electron chi connectivity index (χ1n) is 5.93. The molecule has 0 saturated heterocycles. The Balaban J connectivity index is 2.35. The van der Waals surface area contributed by atoms with E-state index in [1.165, 1.54) is 11.8 Å². The van der Waals surface area contributed by atoms with Crippen molar-refractivity contribution in [2.75, 3.05) is 0 Å². The van der Waals surface area contributed by atoms with Gasteiger partial charge in [0.15, 0.2) is 0 Å². The summed E-state index contributed by atoms with van der Waals surface area (Å²) in [4.78, 5) is 11.7. The van der Waals surface area contributed by atoms with E-state index in [1.807, 2.05) is 31.2 Å². The molecule has 2 nitrogen and oxygen atoms in total. The fourth-order valence-electron chi connectivity index (χ4n) is 2.11. The number of hydrogen-bond acceptors (Lipinski definition) is 2. The molecule has 3 aromatic rings. The van der Waals surface area contributed by atoms with E-state index >= 15 is 0 Å². The number of benzene rings is 2. The zero-order chi connectivity index (χ0) is 13.4. The molecule has 0 aliphatic heterocycles. The molecular formula is C16H11ClO2. The normalized spacial score (nSPS) is 10.8. The van der Waals surface area contributed by atoms with Crippen molar-refractivity contribution < 1.29 is 4.42 Å². The molecule has 0 N–H and O–H groups in total. The van der Waals surface area contributed by atoms with Gasteiger partial charge in [-0.15, -0.1) is 0 Å². The van der Waals surface area contributed by atoms with E-state index in [4.69, 9.17) is 16.0 Å². The van der Waals surface area contributed by atoms with Gasteiger partial charge in [0, 0.05) is 16.0 Å². The Kier molecular flexibility index (Phi) is 2.88. The fraction of sp³-hybridized carbons (Fsp3) is 0.0625. The second-order valence-corrected chi connectivity index (χ2v) is 4.93. The molecule has 2 aromatic carbocycles. The van der Waals surface area contributed by atoms with Crippen LogP contribution in [0, 0.1) is 6.92 Å². The van der Waals surface area contributed by atoms with E-state index in [-0.39, 0.29) is 5.63 Å². The molecule has 0 saturated carbocycles. The third kappa shape index (κ3) is 2.15. The second kappa shape index (κ2) is 4.56. The number of rotatable bonds is 1. The van der Waals surface area contributed by atoms with E-state index in [0.717, 1.165) is 16.5 Å². The largest absolute Gasteiger partial charge is 0.430 e. The van der Waals surface area contributed by atoms with Crippen LogP contribution < -0.4 is 5.63 Å². The van der Waals surface area contributed by atoms with Gasteiger partial charge in [0.05, 0.1) is 5.39 Å². The molecule has 0 atom stereocenters. The van der Waals surface area contributed by atoms with Crippen molar-refractivity contribution in [3.05, 3.63) is 69.7 Å². The zero-order valence-electron chi connectivity index (χ0n) is 10.3. The Morgan fingerprint density at radius 3 is 2.47 bits per heavy atom. The topological polar surface area (TPSA) is 30.2 Å². The lowest BCUT2D eigenvalue weighted by Crippen LogP contribution is -1.99. The maximum absolute atomic E-state index is 11.7. The van der Waals surface area contributed by atoms with Gasteiger partial charge in [-0.05, 0) is 30.7 Å². The number of aryl methyl sites for hydroxylation is 1. The molecule has 19 heavy (non-hydrogen) atoms. The fourth-order valence-corrected chi connectivity index (χ4v) is 2.29. The highest BCUT2D eigenvalue weighted by molar-refractivity contribution is 6.31. The molecule has 0 spiro atoms. The monoisotopic (exact) mass is 270 g/mol. The maximum atomic E-state index is 11.7. The number of hydrogen-bond donors (Lipinski definition) is 0. The third-order valence-electron chi connectivity index (χ3n) is 3.14. The summed E-state index contributed by atoms with van der Waals surface area (Å²) in [6.07, 6.45) is 1.49. The standard InChI is InChI=1S/C16H11ClO2/c1-10-2-4-11(5-3-10)15-9-19-16(18)13-7-6-12(17)8-14(13)15/h2-9H,1H3. The van der Waals surface area contributed by atoms with Crippen LogP contribution in [0.2, 0.25) is 5.02 Å². The summed E-state index contributed by atoms with van der Waals surface area (Å²) in [6.45, 7) is 2.03. The van der Waals surface area contributed by atoms with Crippen molar-refractivity contribution in [1.82, 2.24) is 0 Å². The molecular weight excluding hydrogens is 260 g/mol. The molecule has 0 amide bonds. The van der Waals surface area contributed by atoms with Gasteiger partial charge in [-0.1, -0.05) is 41.4 Å². The van der Waals surface area contributed by atoms with E-state index in [9.17, 15) is 4.79 Å². The van der Waals surface area contributed by atoms with Gasteiger partial charge in [0.2, 0.25) is 0 Å². The van der Waals surface area contributed by atoms with Crippen molar-refractivity contribution in [1.29, 1.82) is 0 Å². The molecule has 0 fully saturated rings. The summed E-state index contributed by atoms with van der Waals surface area (Å²) in [5.74, 6) is 0. The SMILES string of the molecule is Cc1ccc(-c2coc(=O)c3ccc(Cl)cc23)cc1. The lowest BCUT2D eigenvalue weighted by Gasteiger charge is -2.06. The number of fused-ring (bicyclic) bond motifs is 1. The lowest BCUT2D eigenvalue weighted by atomic mass is 10.0. The first kappa shape index (κ1) is 12.0. The Hall–Kier alpha value is -2.06. The molecule has 94 valence electrons. The minimum absolute atomic E-state index is 0.345. The summed E-state index contributed by atoms with van der Waals surface area (Å²) in [5, 5.41) is 1.96. The van der Waals surface area contributed by atoms with Crippen LogP contribution in [0.5, 0.6) is 0 Å². The maximum Gasteiger partial charge on any atom is 0.343 e. The van der Waals surface area contributed by atoms with Crippen molar-refractivity contribution >= 4 is 22.4 Å². The molecule has 0 unspecified atom stereocenters. The predicted octanol–water partition coefficient (Wildman–Crippen LogP) is 4.42. The first-order chi connectivity index (χ1) is 9.15. The van der Waals surface area contributed by atoms with Crippen LogP contribution in [0.4, 0.5) is 0 Å².